The van der Waals surface area contributed by atoms with Gasteiger partial charge in [0.15, 0.2) is 6.29 Å². The molecule has 0 aliphatic heterocycles. The molecule has 51 heavy (non-hydrogen) atoms. The molecule has 0 aliphatic rings. The number of allylic oxidation sites excluding steroid dienone is 8. The van der Waals surface area contributed by atoms with E-state index in [-0.39, 0.29) is 38.0 Å². The lowest BCUT2D eigenvalue weighted by atomic mass is 10.1. The van der Waals surface area contributed by atoms with Crippen molar-refractivity contribution in [1.29, 1.82) is 0 Å². The van der Waals surface area contributed by atoms with Gasteiger partial charge in [0.05, 0.1) is 25.7 Å². The van der Waals surface area contributed by atoms with Crippen molar-refractivity contribution in [2.24, 2.45) is 5.92 Å². The van der Waals surface area contributed by atoms with Crippen LogP contribution in [-0.4, -0.2) is 56.4 Å². The van der Waals surface area contributed by atoms with Crippen LogP contribution in [0.2, 0.25) is 0 Å². The highest BCUT2D eigenvalue weighted by Crippen LogP contribution is 2.13. The summed E-state index contributed by atoms with van der Waals surface area (Å²) >= 11 is 0. The van der Waals surface area contributed by atoms with Gasteiger partial charge < -0.3 is 24.1 Å². The molecule has 0 fully saturated rings. The monoisotopic (exact) mass is 719 g/mol. The number of ether oxygens (including phenoxy) is 4. The van der Waals surface area contributed by atoms with Crippen molar-refractivity contribution in [3.05, 3.63) is 48.6 Å². The first kappa shape index (κ1) is 48.8. The van der Waals surface area contributed by atoms with Gasteiger partial charge in [-0.15, -0.1) is 0 Å². The number of hydrogen-bond donors (Lipinski definition) is 1. The van der Waals surface area contributed by atoms with Crippen molar-refractivity contribution >= 4 is 11.9 Å². The lowest BCUT2D eigenvalue weighted by Gasteiger charge is -2.19. The highest BCUT2D eigenvalue weighted by molar-refractivity contribution is 5.69. The van der Waals surface area contributed by atoms with Gasteiger partial charge in [0.25, 0.3) is 0 Å². The molecule has 0 radical (unpaired) electrons. The zero-order chi connectivity index (χ0) is 37.3. The summed E-state index contributed by atoms with van der Waals surface area (Å²) in [6, 6.07) is 0. The minimum Gasteiger partial charge on any atom is -0.465 e. The number of rotatable bonds is 38. The molecule has 0 aliphatic carbocycles. The highest BCUT2D eigenvalue weighted by atomic mass is 16.7. The number of aliphatic hydroxyl groups is 1. The maximum absolute atomic E-state index is 12.4. The Morgan fingerprint density at radius 1 is 0.529 bits per heavy atom. The van der Waals surface area contributed by atoms with E-state index in [1.165, 1.54) is 38.5 Å². The molecule has 7 heteroatoms. The van der Waals surface area contributed by atoms with Crippen molar-refractivity contribution in [2.75, 3.05) is 33.0 Å². The first-order valence-corrected chi connectivity index (χ1v) is 20.8. The Kier molecular flexibility index (Phi) is 38.8. The lowest BCUT2D eigenvalue weighted by Crippen LogP contribution is -2.24. The quantitative estimate of drug-likeness (QED) is 0.0294. The lowest BCUT2D eigenvalue weighted by molar-refractivity contribution is -0.152. The van der Waals surface area contributed by atoms with E-state index in [4.69, 9.17) is 18.9 Å². The SMILES string of the molecule is CC/C=C\CCCCOC(CCCCC(=O)OCC(CO)COC(=O)CCCCCCC/C=C\C/C=C\CCCCC)OCCCC/C=C\CC. The molecule has 0 rings (SSSR count). The van der Waals surface area contributed by atoms with Gasteiger partial charge in [-0.1, -0.05) is 101 Å². The highest BCUT2D eigenvalue weighted by Gasteiger charge is 2.15. The first-order chi connectivity index (χ1) is 25.1. The van der Waals surface area contributed by atoms with Gasteiger partial charge in [0.1, 0.15) is 0 Å². The summed E-state index contributed by atoms with van der Waals surface area (Å²) in [6.45, 7) is 7.77. The Hall–Kier alpha value is -2.22. The second-order valence-electron chi connectivity index (χ2n) is 13.6. The van der Waals surface area contributed by atoms with Crippen LogP contribution in [-0.2, 0) is 28.5 Å². The van der Waals surface area contributed by atoms with E-state index in [1.807, 2.05) is 0 Å². The number of hydrogen-bond acceptors (Lipinski definition) is 7. The minimum atomic E-state index is -0.413. The van der Waals surface area contributed by atoms with Crippen LogP contribution in [0.3, 0.4) is 0 Å². The van der Waals surface area contributed by atoms with E-state index in [2.05, 4.69) is 69.4 Å². The van der Waals surface area contributed by atoms with E-state index in [9.17, 15) is 14.7 Å². The first-order valence-electron chi connectivity index (χ1n) is 20.8. The fourth-order valence-corrected chi connectivity index (χ4v) is 5.32. The van der Waals surface area contributed by atoms with Gasteiger partial charge in [-0.25, -0.2) is 0 Å². The van der Waals surface area contributed by atoms with E-state index >= 15 is 0 Å². The van der Waals surface area contributed by atoms with Crippen LogP contribution in [0.25, 0.3) is 0 Å². The van der Waals surface area contributed by atoms with E-state index in [0.29, 0.717) is 32.5 Å². The van der Waals surface area contributed by atoms with Gasteiger partial charge in [-0.2, -0.15) is 0 Å². The van der Waals surface area contributed by atoms with E-state index in [0.717, 1.165) is 96.3 Å². The Morgan fingerprint density at radius 2 is 0.980 bits per heavy atom. The molecule has 0 aromatic carbocycles. The number of unbranched alkanes of at least 4 members (excludes halogenated alkanes) is 13. The number of esters is 2. The molecule has 1 unspecified atom stereocenters. The fraction of sp³-hybridized carbons (Fsp3) is 0.773. The minimum absolute atomic E-state index is 0.0437. The summed E-state index contributed by atoms with van der Waals surface area (Å²) in [5.41, 5.74) is 0. The second-order valence-corrected chi connectivity index (χ2v) is 13.6. The predicted molar refractivity (Wildman–Crippen MR) is 213 cm³/mol. The molecule has 0 saturated heterocycles. The molecule has 0 bridgehead atoms. The maximum atomic E-state index is 12.4. The average Bonchev–Trinajstić information content (AvgIpc) is 3.13. The Balaban J connectivity index is 4.06. The fourth-order valence-electron chi connectivity index (χ4n) is 5.32. The predicted octanol–water partition coefficient (Wildman–Crippen LogP) is 11.7. The van der Waals surface area contributed by atoms with Crippen LogP contribution in [0.1, 0.15) is 175 Å². The third-order valence-corrected chi connectivity index (χ3v) is 8.56. The molecular weight excluding hydrogens is 640 g/mol. The summed E-state index contributed by atoms with van der Waals surface area (Å²) in [4.78, 5) is 24.5. The normalized spacial score (nSPS) is 12.7. The number of carbonyl (C=O) groups excluding carboxylic acids is 2. The maximum Gasteiger partial charge on any atom is 0.305 e. The molecule has 0 heterocycles. The molecule has 1 atom stereocenters. The average molecular weight is 719 g/mol. The van der Waals surface area contributed by atoms with Crippen molar-refractivity contribution in [2.45, 2.75) is 181 Å². The van der Waals surface area contributed by atoms with Gasteiger partial charge >= 0.3 is 11.9 Å². The molecule has 0 aromatic heterocycles. The number of carbonyl (C=O) groups is 2. The van der Waals surface area contributed by atoms with Crippen LogP contribution in [0, 0.1) is 5.92 Å². The molecule has 0 aromatic rings. The summed E-state index contributed by atoms with van der Waals surface area (Å²) in [5.74, 6) is -0.974. The van der Waals surface area contributed by atoms with Crippen molar-refractivity contribution in [3.8, 4) is 0 Å². The molecule has 296 valence electrons. The van der Waals surface area contributed by atoms with Crippen LogP contribution < -0.4 is 0 Å². The van der Waals surface area contributed by atoms with Crippen molar-refractivity contribution < 1.29 is 33.6 Å². The summed E-state index contributed by atoms with van der Waals surface area (Å²) in [6.07, 6.45) is 41.6. The number of aliphatic hydroxyl groups excluding tert-OH is 1. The molecule has 1 N–H and O–H groups in total. The summed E-state index contributed by atoms with van der Waals surface area (Å²) in [5, 5.41) is 9.70. The Bertz CT molecular complexity index is 855. The molecular formula is C44H78O7. The summed E-state index contributed by atoms with van der Waals surface area (Å²) in [7, 11) is 0. The molecule has 0 spiro atoms. The van der Waals surface area contributed by atoms with Gasteiger partial charge in [0, 0.05) is 26.1 Å². The van der Waals surface area contributed by atoms with E-state index in [1.54, 1.807) is 0 Å². The van der Waals surface area contributed by atoms with Gasteiger partial charge in [0.2, 0.25) is 0 Å². The molecule has 0 saturated carbocycles. The van der Waals surface area contributed by atoms with Gasteiger partial charge in [-0.05, 0) is 109 Å². The molecule has 7 nitrogen and oxygen atoms in total. The van der Waals surface area contributed by atoms with Crippen LogP contribution in [0.15, 0.2) is 48.6 Å². The van der Waals surface area contributed by atoms with E-state index < -0.39 is 5.92 Å². The largest absolute Gasteiger partial charge is 0.465 e. The molecule has 0 amide bonds. The third kappa shape index (κ3) is 37.3. The van der Waals surface area contributed by atoms with Crippen LogP contribution in [0.5, 0.6) is 0 Å². The van der Waals surface area contributed by atoms with Crippen LogP contribution >= 0.6 is 0 Å². The van der Waals surface area contributed by atoms with Gasteiger partial charge in [-0.3, -0.25) is 9.59 Å². The zero-order valence-corrected chi connectivity index (χ0v) is 33.2. The van der Waals surface area contributed by atoms with Crippen molar-refractivity contribution in [3.63, 3.8) is 0 Å². The second kappa shape index (κ2) is 40.5. The third-order valence-electron chi connectivity index (χ3n) is 8.56. The standard InChI is InChI=1S/C44H78O7/c1-4-7-10-13-16-17-18-19-20-21-22-23-24-25-28-33-42(46)50-39-41(38-45)40-51-43(47)34-29-30-35-44(48-36-31-26-14-11-8-5-2)49-37-32-27-15-12-9-6-3/h8-9,11-12,16-17,19-20,41,44-45H,4-7,10,13-15,18,21-40H2,1-3H3/b11-8-,12-9-,17-16-,20-19-. The Labute approximate surface area is 313 Å². The summed E-state index contributed by atoms with van der Waals surface area (Å²) < 4.78 is 22.9. The smallest absolute Gasteiger partial charge is 0.305 e. The van der Waals surface area contributed by atoms with Crippen LogP contribution in [0.4, 0.5) is 0 Å². The Morgan fingerprint density at radius 3 is 1.49 bits per heavy atom. The topological polar surface area (TPSA) is 91.3 Å². The zero-order valence-electron chi connectivity index (χ0n) is 33.2. The van der Waals surface area contributed by atoms with Crippen molar-refractivity contribution in [1.82, 2.24) is 0 Å².